The van der Waals surface area contributed by atoms with E-state index in [9.17, 15) is 4.79 Å². The van der Waals surface area contributed by atoms with Gasteiger partial charge in [-0.2, -0.15) is 0 Å². The minimum Gasteiger partial charge on any atom is -0.480 e. The molecule has 0 bridgehead atoms. The largest absolute Gasteiger partial charge is 0.480 e. The highest BCUT2D eigenvalue weighted by Gasteiger charge is 2.27. The Morgan fingerprint density at radius 1 is 1.09 bits per heavy atom. The minimum atomic E-state index is -0.122. The van der Waals surface area contributed by atoms with Gasteiger partial charge in [0.2, 0.25) is 5.88 Å². The zero-order valence-electron chi connectivity index (χ0n) is 13.3. The predicted octanol–water partition coefficient (Wildman–Crippen LogP) is 3.71. The van der Waals surface area contributed by atoms with Crippen molar-refractivity contribution in [2.24, 2.45) is 5.92 Å². The van der Waals surface area contributed by atoms with Crippen molar-refractivity contribution in [3.05, 3.63) is 47.5 Å². The van der Waals surface area contributed by atoms with Crippen LogP contribution in [0.2, 0.25) is 0 Å². The van der Waals surface area contributed by atoms with Gasteiger partial charge in [0.15, 0.2) is 5.78 Å². The van der Waals surface area contributed by atoms with Crippen LogP contribution in [0, 0.1) is 5.92 Å². The zero-order chi connectivity index (χ0) is 16.1. The van der Waals surface area contributed by atoms with Crippen molar-refractivity contribution in [1.82, 2.24) is 4.73 Å². The van der Waals surface area contributed by atoms with E-state index in [-0.39, 0.29) is 11.7 Å². The summed E-state index contributed by atoms with van der Waals surface area (Å²) in [6.45, 7) is 1.92. The first-order valence-corrected chi connectivity index (χ1v) is 7.58. The van der Waals surface area contributed by atoms with Crippen LogP contribution in [-0.4, -0.2) is 24.7 Å². The summed E-state index contributed by atoms with van der Waals surface area (Å²) in [5.41, 5.74) is 2.60. The second-order valence-corrected chi connectivity index (χ2v) is 5.77. The predicted molar refractivity (Wildman–Crippen MR) is 91.0 cm³/mol. The molecule has 1 aliphatic carbocycles. The molecule has 4 heteroatoms. The summed E-state index contributed by atoms with van der Waals surface area (Å²) in [7, 11) is 3.20. The minimum absolute atomic E-state index is 0.122. The van der Waals surface area contributed by atoms with E-state index < -0.39 is 0 Å². The van der Waals surface area contributed by atoms with Crippen LogP contribution in [0.15, 0.2) is 36.4 Å². The highest BCUT2D eigenvalue weighted by atomic mass is 16.7. The molecule has 0 saturated carbocycles. The molecule has 1 heterocycles. The number of carbonyl (C=O) groups is 1. The number of methoxy groups -OCH3 is 1. The molecule has 4 nitrogen and oxygen atoms in total. The first kappa shape index (κ1) is 13.9. The van der Waals surface area contributed by atoms with Crippen LogP contribution in [0.1, 0.15) is 22.8 Å². The van der Waals surface area contributed by atoms with Crippen LogP contribution in [0.4, 0.5) is 0 Å². The van der Waals surface area contributed by atoms with Gasteiger partial charge in [-0.15, -0.1) is 4.73 Å². The average Bonchev–Trinajstić information content (AvgIpc) is 2.96. The lowest BCUT2D eigenvalue weighted by atomic mass is 9.84. The van der Waals surface area contributed by atoms with Gasteiger partial charge >= 0.3 is 0 Å². The third kappa shape index (κ3) is 1.75. The maximum atomic E-state index is 12.8. The number of carbonyl (C=O) groups excluding carboxylic acids is 1. The van der Waals surface area contributed by atoms with Gasteiger partial charge in [0.25, 0.3) is 0 Å². The molecule has 0 spiro atoms. The maximum absolute atomic E-state index is 12.8. The van der Waals surface area contributed by atoms with Gasteiger partial charge in [0.05, 0.1) is 12.6 Å². The molecule has 0 fully saturated rings. The van der Waals surface area contributed by atoms with Gasteiger partial charge in [-0.1, -0.05) is 43.3 Å². The third-order valence-corrected chi connectivity index (χ3v) is 4.54. The molecule has 23 heavy (non-hydrogen) atoms. The van der Waals surface area contributed by atoms with E-state index in [1.165, 1.54) is 0 Å². The quantitative estimate of drug-likeness (QED) is 0.724. The second kappa shape index (κ2) is 4.88. The van der Waals surface area contributed by atoms with Crippen molar-refractivity contribution in [3.63, 3.8) is 0 Å². The molecule has 1 aromatic heterocycles. The Balaban J connectivity index is 2.29. The fraction of sp³-hybridized carbons (Fsp3) is 0.211. The van der Waals surface area contributed by atoms with Crippen LogP contribution in [0.5, 0.6) is 5.88 Å². The number of benzene rings is 2. The lowest BCUT2D eigenvalue weighted by molar-refractivity contribution is 0.0953. The van der Waals surface area contributed by atoms with Crippen LogP contribution < -0.4 is 9.57 Å². The number of ether oxygens (including phenoxy) is 1. The Bertz CT molecular complexity index is 981. The van der Waals surface area contributed by atoms with Gasteiger partial charge in [-0.05, 0) is 10.9 Å². The van der Waals surface area contributed by atoms with E-state index in [0.29, 0.717) is 5.88 Å². The number of hydrogen-bond acceptors (Lipinski definition) is 3. The third-order valence-electron chi connectivity index (χ3n) is 4.54. The molecule has 0 aliphatic heterocycles. The van der Waals surface area contributed by atoms with E-state index in [1.54, 1.807) is 19.0 Å². The zero-order valence-corrected chi connectivity index (χ0v) is 13.3. The van der Waals surface area contributed by atoms with E-state index >= 15 is 0 Å². The molecule has 2 aromatic carbocycles. The lowest BCUT2D eigenvalue weighted by Crippen LogP contribution is -2.15. The summed E-state index contributed by atoms with van der Waals surface area (Å²) in [5, 5.41) is 2.96. The van der Waals surface area contributed by atoms with Gasteiger partial charge in [-0.25, -0.2) is 0 Å². The SMILES string of the molecule is COc1cc2c3c(c4ccccc4c2n1OC)C=CC(C)C3=O. The molecule has 4 rings (SSSR count). The number of ketones is 1. The van der Waals surface area contributed by atoms with E-state index in [1.807, 2.05) is 43.3 Å². The number of nitrogens with zero attached hydrogens (tertiary/aromatic N) is 1. The highest BCUT2D eigenvalue weighted by Crippen LogP contribution is 2.40. The molecule has 0 N–H and O–H groups in total. The summed E-state index contributed by atoms with van der Waals surface area (Å²) in [6, 6.07) is 9.95. The van der Waals surface area contributed by atoms with Gasteiger partial charge < -0.3 is 9.57 Å². The fourth-order valence-electron chi connectivity index (χ4n) is 3.44. The monoisotopic (exact) mass is 307 g/mol. The molecule has 1 unspecified atom stereocenters. The summed E-state index contributed by atoms with van der Waals surface area (Å²) in [4.78, 5) is 18.3. The van der Waals surface area contributed by atoms with Crippen molar-refractivity contribution in [1.29, 1.82) is 0 Å². The summed E-state index contributed by atoms with van der Waals surface area (Å²) < 4.78 is 7.08. The number of allylic oxidation sites excluding steroid dienone is 1. The number of aromatic nitrogens is 1. The summed E-state index contributed by atoms with van der Waals surface area (Å²) in [6.07, 6.45) is 4.02. The van der Waals surface area contributed by atoms with Crippen LogP contribution in [0.3, 0.4) is 0 Å². The van der Waals surface area contributed by atoms with E-state index in [2.05, 4.69) is 6.08 Å². The van der Waals surface area contributed by atoms with Gasteiger partial charge in [-0.3, -0.25) is 4.79 Å². The smallest absolute Gasteiger partial charge is 0.228 e. The van der Waals surface area contributed by atoms with Crippen molar-refractivity contribution < 1.29 is 14.4 Å². The molecule has 1 aliphatic rings. The molecule has 116 valence electrons. The lowest BCUT2D eigenvalue weighted by Gasteiger charge is -2.19. The molecule has 0 saturated heterocycles. The summed E-state index contributed by atoms with van der Waals surface area (Å²) in [5.74, 6) is 0.592. The molecular weight excluding hydrogens is 290 g/mol. The number of rotatable bonds is 2. The molecule has 3 aromatic rings. The first-order valence-electron chi connectivity index (χ1n) is 7.58. The highest BCUT2D eigenvalue weighted by molar-refractivity contribution is 6.23. The van der Waals surface area contributed by atoms with Crippen LogP contribution in [-0.2, 0) is 0 Å². The Hall–Kier alpha value is -2.75. The van der Waals surface area contributed by atoms with Crippen molar-refractivity contribution in [3.8, 4) is 5.88 Å². The first-order chi connectivity index (χ1) is 11.2. The van der Waals surface area contributed by atoms with Crippen LogP contribution >= 0.6 is 0 Å². The van der Waals surface area contributed by atoms with Crippen LogP contribution in [0.25, 0.3) is 27.8 Å². The number of fused-ring (bicyclic) bond motifs is 6. The Kier molecular flexibility index (Phi) is 2.94. The van der Waals surface area contributed by atoms with Crippen molar-refractivity contribution >= 4 is 33.5 Å². The number of hydrogen-bond donors (Lipinski definition) is 0. The second-order valence-electron chi connectivity index (χ2n) is 5.77. The molecular formula is C19H17NO3. The molecule has 0 radical (unpaired) electrons. The standard InChI is InChI=1S/C19H17NO3/c1-11-8-9-13-12-6-4-5-7-14(12)18-15(17(13)19(11)21)10-16(22-2)20(18)23-3/h4-11H,1-3H3. The van der Waals surface area contributed by atoms with Crippen molar-refractivity contribution in [2.45, 2.75) is 6.92 Å². The Morgan fingerprint density at radius 3 is 2.52 bits per heavy atom. The van der Waals surface area contributed by atoms with E-state index in [0.717, 1.165) is 32.8 Å². The van der Waals surface area contributed by atoms with Crippen molar-refractivity contribution in [2.75, 3.05) is 14.2 Å². The molecule has 0 amide bonds. The Morgan fingerprint density at radius 2 is 1.83 bits per heavy atom. The van der Waals surface area contributed by atoms with E-state index in [4.69, 9.17) is 9.57 Å². The topological polar surface area (TPSA) is 40.5 Å². The average molecular weight is 307 g/mol. The summed E-state index contributed by atoms with van der Waals surface area (Å²) >= 11 is 0. The van der Waals surface area contributed by atoms with Gasteiger partial charge in [0, 0.05) is 28.3 Å². The van der Waals surface area contributed by atoms with Gasteiger partial charge in [0.1, 0.15) is 7.11 Å². The fourth-order valence-corrected chi connectivity index (χ4v) is 3.44. The molecule has 1 atom stereocenters. The Labute approximate surface area is 133 Å². The number of Topliss-reactive ketones (excluding diaryl/α,β-unsaturated/α-hetero) is 1. The normalized spacial score (nSPS) is 16.8. The maximum Gasteiger partial charge on any atom is 0.228 e.